The topological polar surface area (TPSA) is 86.1 Å². The van der Waals surface area contributed by atoms with Gasteiger partial charge in [0.25, 0.3) is 0 Å². The molecule has 2 N–H and O–H groups in total. The summed E-state index contributed by atoms with van der Waals surface area (Å²) < 4.78 is 49.1. The van der Waals surface area contributed by atoms with E-state index in [1.54, 1.807) is 6.20 Å². The zero-order valence-electron chi connectivity index (χ0n) is 19.6. The number of hydrogen-bond acceptors (Lipinski definition) is 7. The highest BCUT2D eigenvalue weighted by atomic mass is 19.4. The van der Waals surface area contributed by atoms with Gasteiger partial charge in [-0.25, -0.2) is 9.97 Å². The Labute approximate surface area is 201 Å². The Morgan fingerprint density at radius 2 is 1.77 bits per heavy atom. The van der Waals surface area contributed by atoms with Crippen LogP contribution in [-0.4, -0.2) is 44.6 Å². The van der Waals surface area contributed by atoms with Crippen LogP contribution in [0.1, 0.15) is 57.9 Å². The van der Waals surface area contributed by atoms with Crippen LogP contribution in [0.3, 0.4) is 0 Å². The molecule has 0 bridgehead atoms. The van der Waals surface area contributed by atoms with Gasteiger partial charge in [0.1, 0.15) is 11.3 Å². The minimum absolute atomic E-state index is 0.136. The lowest BCUT2D eigenvalue weighted by molar-refractivity contribution is -0.274. The highest BCUT2D eigenvalue weighted by Gasteiger charge is 2.31. The summed E-state index contributed by atoms with van der Waals surface area (Å²) in [4.78, 5) is 14.1. The van der Waals surface area contributed by atoms with Crippen LogP contribution < -0.4 is 15.4 Å². The van der Waals surface area contributed by atoms with E-state index in [1.807, 2.05) is 0 Å². The molecule has 188 valence electrons. The predicted octanol–water partition coefficient (Wildman–Crippen LogP) is 5.95. The monoisotopic (exact) mass is 490 g/mol. The fourth-order valence-electron chi connectivity index (χ4n) is 4.81. The second-order valence-electron chi connectivity index (χ2n) is 9.49. The summed E-state index contributed by atoms with van der Waals surface area (Å²) >= 11 is 0. The lowest BCUT2D eigenvalue weighted by Gasteiger charge is -2.34. The van der Waals surface area contributed by atoms with Crippen molar-refractivity contribution in [3.63, 3.8) is 0 Å². The Bertz CT molecular complexity index is 1150. The van der Waals surface area contributed by atoms with Gasteiger partial charge in [-0.2, -0.15) is 4.98 Å². The molecule has 0 amide bonds. The number of alkyl halides is 3. The molecule has 35 heavy (non-hydrogen) atoms. The Morgan fingerprint density at radius 3 is 2.46 bits per heavy atom. The van der Waals surface area contributed by atoms with E-state index >= 15 is 0 Å². The molecule has 2 aromatic heterocycles. The van der Waals surface area contributed by atoms with Gasteiger partial charge in [-0.3, -0.25) is 4.57 Å². The molecule has 0 radical (unpaired) electrons. The molecule has 1 aliphatic carbocycles. The van der Waals surface area contributed by atoms with Crippen LogP contribution in [0.4, 0.5) is 30.8 Å². The molecule has 8 nitrogen and oxygen atoms in total. The minimum atomic E-state index is -4.73. The van der Waals surface area contributed by atoms with Crippen molar-refractivity contribution in [3.8, 4) is 5.75 Å². The van der Waals surface area contributed by atoms with E-state index in [9.17, 15) is 13.2 Å². The van der Waals surface area contributed by atoms with Crippen LogP contribution in [0.5, 0.6) is 5.75 Å². The summed E-state index contributed by atoms with van der Waals surface area (Å²) in [6, 6.07) is 5.86. The first-order chi connectivity index (χ1) is 16.8. The van der Waals surface area contributed by atoms with Crippen molar-refractivity contribution < 1.29 is 22.6 Å². The second-order valence-corrected chi connectivity index (χ2v) is 9.49. The van der Waals surface area contributed by atoms with Crippen molar-refractivity contribution in [2.45, 2.75) is 69.8 Å². The maximum Gasteiger partial charge on any atom is 0.573 e. The molecule has 0 spiro atoms. The molecule has 3 heterocycles. The molecule has 3 aromatic rings. The van der Waals surface area contributed by atoms with Gasteiger partial charge in [0.05, 0.1) is 6.20 Å². The molecule has 0 atom stereocenters. The molecule has 1 saturated heterocycles. The number of benzene rings is 1. The molecule has 11 heteroatoms. The third kappa shape index (κ3) is 5.61. The zero-order valence-corrected chi connectivity index (χ0v) is 19.6. The summed E-state index contributed by atoms with van der Waals surface area (Å²) in [6.07, 6.45) is 4.22. The van der Waals surface area contributed by atoms with E-state index in [1.165, 1.54) is 30.7 Å². The average Bonchev–Trinajstić information content (AvgIpc) is 3.17. The molecule has 1 saturated carbocycles. The third-order valence-electron chi connectivity index (χ3n) is 6.73. The van der Waals surface area contributed by atoms with Gasteiger partial charge in [-0.05, 0) is 56.9 Å². The van der Waals surface area contributed by atoms with E-state index in [4.69, 9.17) is 14.7 Å². The van der Waals surface area contributed by atoms with E-state index in [0.717, 1.165) is 44.2 Å². The lowest BCUT2D eigenvalue weighted by Crippen LogP contribution is -2.41. The van der Waals surface area contributed by atoms with Crippen molar-refractivity contribution in [2.24, 2.45) is 0 Å². The van der Waals surface area contributed by atoms with Gasteiger partial charge in [-0.1, -0.05) is 19.3 Å². The molecule has 1 aromatic carbocycles. The summed E-state index contributed by atoms with van der Waals surface area (Å²) in [5, 5.41) is 6.76. The van der Waals surface area contributed by atoms with Crippen LogP contribution in [-0.2, 0) is 4.74 Å². The maximum atomic E-state index is 12.5. The second kappa shape index (κ2) is 9.52. The van der Waals surface area contributed by atoms with E-state index in [2.05, 4.69) is 31.8 Å². The first kappa shape index (κ1) is 23.7. The number of aromatic nitrogens is 4. The van der Waals surface area contributed by atoms with Crippen LogP contribution in [0.25, 0.3) is 11.2 Å². The summed E-state index contributed by atoms with van der Waals surface area (Å²) in [6.45, 7) is 3.56. The highest BCUT2D eigenvalue weighted by molar-refractivity contribution is 5.76. The number of nitrogens with zero attached hydrogens (tertiary/aromatic N) is 4. The molecule has 1 aliphatic heterocycles. The van der Waals surface area contributed by atoms with E-state index < -0.39 is 6.36 Å². The Morgan fingerprint density at radius 1 is 1.06 bits per heavy atom. The molecule has 2 fully saturated rings. The first-order valence-electron chi connectivity index (χ1n) is 12.0. The fraction of sp³-hybridized carbons (Fsp3) is 0.542. The Kier molecular flexibility index (Phi) is 6.43. The molecular formula is C24H29F3N6O2. The quantitative estimate of drug-likeness (QED) is 0.441. The summed E-state index contributed by atoms with van der Waals surface area (Å²) in [7, 11) is 0. The number of fused-ring (bicyclic) bond motifs is 1. The van der Waals surface area contributed by atoms with Crippen LogP contribution in [0.15, 0.2) is 30.5 Å². The number of anilines is 3. The van der Waals surface area contributed by atoms with Crippen LogP contribution in [0, 0.1) is 0 Å². The van der Waals surface area contributed by atoms with E-state index in [-0.39, 0.29) is 17.3 Å². The van der Waals surface area contributed by atoms with Crippen molar-refractivity contribution >= 4 is 28.7 Å². The molecule has 5 rings (SSSR count). The maximum absolute atomic E-state index is 12.5. The number of ether oxygens (including phenoxy) is 2. The number of halogens is 3. The standard InChI is InChI=1S/C24H29F3N6O2/c1-23(11-13-34-14-12-23)32-21-28-15-19-20(31-21)33(17-5-3-2-4-6-17)22(30-19)29-16-7-9-18(10-8-16)35-24(25,26)27/h7-10,15,17H,2-6,11-14H2,1H3,(H,29,30)(H,28,31,32). The number of rotatable bonds is 6. The van der Waals surface area contributed by atoms with Gasteiger partial charge in [0.15, 0.2) is 5.65 Å². The molecular weight excluding hydrogens is 461 g/mol. The average molecular weight is 491 g/mol. The summed E-state index contributed by atoms with van der Waals surface area (Å²) in [5.74, 6) is 0.881. The normalized spacial score (nSPS) is 19.0. The smallest absolute Gasteiger partial charge is 0.406 e. The zero-order chi connectivity index (χ0) is 24.5. The number of imidazole rings is 1. The first-order valence-corrected chi connectivity index (χ1v) is 12.0. The van der Waals surface area contributed by atoms with Crippen molar-refractivity contribution in [3.05, 3.63) is 30.5 Å². The van der Waals surface area contributed by atoms with E-state index in [0.29, 0.717) is 36.3 Å². The van der Waals surface area contributed by atoms with Gasteiger partial charge in [0.2, 0.25) is 11.9 Å². The minimum Gasteiger partial charge on any atom is -0.406 e. The highest BCUT2D eigenvalue weighted by Crippen LogP contribution is 2.35. The van der Waals surface area contributed by atoms with Crippen LogP contribution in [0.2, 0.25) is 0 Å². The Balaban J connectivity index is 1.45. The van der Waals surface area contributed by atoms with Gasteiger partial charge < -0.3 is 20.1 Å². The SMILES string of the molecule is CC1(Nc2ncc3nc(Nc4ccc(OC(F)(F)F)cc4)n(C4CCCCC4)c3n2)CCOCC1. The third-order valence-corrected chi connectivity index (χ3v) is 6.73. The van der Waals surface area contributed by atoms with Crippen molar-refractivity contribution in [2.75, 3.05) is 23.8 Å². The Hall–Kier alpha value is -3.08. The largest absolute Gasteiger partial charge is 0.573 e. The molecule has 0 unspecified atom stereocenters. The van der Waals surface area contributed by atoms with Crippen LogP contribution >= 0.6 is 0 Å². The number of hydrogen-bond donors (Lipinski definition) is 2. The van der Waals surface area contributed by atoms with Gasteiger partial charge in [0, 0.05) is 30.5 Å². The van der Waals surface area contributed by atoms with Crippen molar-refractivity contribution in [1.82, 2.24) is 19.5 Å². The fourth-order valence-corrected chi connectivity index (χ4v) is 4.81. The predicted molar refractivity (Wildman–Crippen MR) is 126 cm³/mol. The van der Waals surface area contributed by atoms with Gasteiger partial charge in [-0.15, -0.1) is 13.2 Å². The summed E-state index contributed by atoms with van der Waals surface area (Å²) in [5.41, 5.74) is 1.87. The van der Waals surface area contributed by atoms with Crippen molar-refractivity contribution in [1.29, 1.82) is 0 Å². The number of nitrogens with one attached hydrogen (secondary N) is 2. The molecule has 2 aliphatic rings. The van der Waals surface area contributed by atoms with Gasteiger partial charge >= 0.3 is 6.36 Å². The lowest BCUT2D eigenvalue weighted by atomic mass is 9.93.